The molecule has 1 aliphatic rings. The van der Waals surface area contributed by atoms with Gasteiger partial charge in [-0.25, -0.2) is 0 Å². The van der Waals surface area contributed by atoms with Gasteiger partial charge in [0.1, 0.15) is 0 Å². The molecule has 1 saturated heterocycles. The van der Waals surface area contributed by atoms with E-state index in [1.54, 1.807) is 0 Å². The van der Waals surface area contributed by atoms with Gasteiger partial charge in [0.05, 0.1) is 6.10 Å². The van der Waals surface area contributed by atoms with Crippen LogP contribution in [0.25, 0.3) is 0 Å². The molecular weight excluding hydrogens is 287 g/mol. The van der Waals surface area contributed by atoms with E-state index in [0.29, 0.717) is 18.8 Å². The molecule has 1 aliphatic heterocycles. The first-order valence-electron chi connectivity index (χ1n) is 6.86. The highest BCUT2D eigenvalue weighted by molar-refractivity contribution is 5.75. The first-order chi connectivity index (χ1) is 9.86. The quantitative estimate of drug-likeness (QED) is 0.904. The molecule has 1 unspecified atom stereocenters. The van der Waals surface area contributed by atoms with Crippen LogP contribution >= 0.6 is 0 Å². The number of aryl methyl sites for hydroxylation is 2. The second-order valence-electron chi connectivity index (χ2n) is 5.08. The zero-order valence-corrected chi connectivity index (χ0v) is 11.7. The van der Waals surface area contributed by atoms with E-state index in [2.05, 4.69) is 10.4 Å². The fourth-order valence-corrected chi connectivity index (χ4v) is 2.20. The molecule has 0 radical (unpaired) electrons. The standard InChI is InChI=1S/C13H18F3N3O2/c1-9-7-11(13(14,15)16)18-19(9)5-4-12(20)17-8-10-3-2-6-21-10/h7,10H,2-6,8H2,1H3,(H,17,20). The Morgan fingerprint density at radius 2 is 2.33 bits per heavy atom. The van der Waals surface area contributed by atoms with E-state index >= 15 is 0 Å². The second kappa shape index (κ2) is 6.46. The molecule has 1 amide bonds. The lowest BCUT2D eigenvalue weighted by atomic mass is 10.2. The van der Waals surface area contributed by atoms with E-state index < -0.39 is 11.9 Å². The number of alkyl halides is 3. The Balaban J connectivity index is 1.79. The summed E-state index contributed by atoms with van der Waals surface area (Å²) in [5, 5.41) is 6.20. The molecule has 0 aliphatic carbocycles. The van der Waals surface area contributed by atoms with Crippen LogP contribution in [-0.2, 0) is 22.3 Å². The van der Waals surface area contributed by atoms with Crippen LogP contribution in [0, 0.1) is 6.92 Å². The topological polar surface area (TPSA) is 56.2 Å². The van der Waals surface area contributed by atoms with Gasteiger partial charge in [-0.2, -0.15) is 18.3 Å². The lowest BCUT2D eigenvalue weighted by Gasteiger charge is -2.11. The minimum absolute atomic E-state index is 0.0530. The molecule has 21 heavy (non-hydrogen) atoms. The SMILES string of the molecule is Cc1cc(C(F)(F)F)nn1CCC(=O)NCC1CCCO1. The zero-order valence-electron chi connectivity index (χ0n) is 11.7. The maximum Gasteiger partial charge on any atom is 0.435 e. The third-order valence-electron chi connectivity index (χ3n) is 3.37. The number of hydrogen-bond acceptors (Lipinski definition) is 3. The summed E-state index contributed by atoms with van der Waals surface area (Å²) in [5.41, 5.74) is -0.547. The van der Waals surface area contributed by atoms with E-state index in [4.69, 9.17) is 4.74 Å². The Morgan fingerprint density at radius 3 is 2.90 bits per heavy atom. The number of hydrogen-bond donors (Lipinski definition) is 1. The van der Waals surface area contributed by atoms with Gasteiger partial charge in [-0.05, 0) is 25.8 Å². The Kier molecular flexibility index (Phi) is 4.87. The van der Waals surface area contributed by atoms with E-state index in [9.17, 15) is 18.0 Å². The van der Waals surface area contributed by atoms with Crippen molar-refractivity contribution in [1.82, 2.24) is 15.1 Å². The van der Waals surface area contributed by atoms with Gasteiger partial charge in [0, 0.05) is 31.8 Å². The summed E-state index contributed by atoms with van der Waals surface area (Å²) in [4.78, 5) is 11.7. The number of ether oxygens (including phenoxy) is 1. The Bertz CT molecular complexity index is 493. The molecule has 1 N–H and O–H groups in total. The molecule has 1 aromatic rings. The maximum absolute atomic E-state index is 12.5. The van der Waals surface area contributed by atoms with Crippen LogP contribution in [0.1, 0.15) is 30.7 Å². The highest BCUT2D eigenvalue weighted by Crippen LogP contribution is 2.28. The van der Waals surface area contributed by atoms with Crippen molar-refractivity contribution in [3.63, 3.8) is 0 Å². The molecule has 1 aromatic heterocycles. The summed E-state index contributed by atoms with van der Waals surface area (Å²) in [7, 11) is 0. The van der Waals surface area contributed by atoms with Crippen molar-refractivity contribution in [3.05, 3.63) is 17.5 Å². The lowest BCUT2D eigenvalue weighted by molar-refractivity contribution is -0.141. The van der Waals surface area contributed by atoms with Crippen molar-refractivity contribution in [3.8, 4) is 0 Å². The van der Waals surface area contributed by atoms with Gasteiger partial charge in [0.15, 0.2) is 5.69 Å². The van der Waals surface area contributed by atoms with Crippen LogP contribution in [0.4, 0.5) is 13.2 Å². The van der Waals surface area contributed by atoms with Gasteiger partial charge >= 0.3 is 6.18 Å². The van der Waals surface area contributed by atoms with Crippen molar-refractivity contribution in [2.24, 2.45) is 0 Å². The summed E-state index contributed by atoms with van der Waals surface area (Å²) in [6.07, 6.45) is -2.40. The van der Waals surface area contributed by atoms with Crippen molar-refractivity contribution in [2.45, 2.75) is 45.0 Å². The molecule has 5 nitrogen and oxygen atoms in total. The van der Waals surface area contributed by atoms with E-state index in [1.807, 2.05) is 0 Å². The van der Waals surface area contributed by atoms with Crippen molar-refractivity contribution in [1.29, 1.82) is 0 Å². The van der Waals surface area contributed by atoms with E-state index in [1.165, 1.54) is 11.6 Å². The molecule has 0 aromatic carbocycles. The molecule has 1 fully saturated rings. The van der Waals surface area contributed by atoms with Gasteiger partial charge < -0.3 is 10.1 Å². The van der Waals surface area contributed by atoms with Crippen LogP contribution in [-0.4, -0.2) is 34.9 Å². The molecule has 0 spiro atoms. The normalized spacial score (nSPS) is 19.0. The fourth-order valence-electron chi connectivity index (χ4n) is 2.20. The van der Waals surface area contributed by atoms with Crippen molar-refractivity contribution < 1.29 is 22.7 Å². The molecule has 8 heteroatoms. The average molecular weight is 305 g/mol. The maximum atomic E-state index is 12.5. The van der Waals surface area contributed by atoms with Gasteiger partial charge in [0.25, 0.3) is 0 Å². The predicted molar refractivity (Wildman–Crippen MR) is 68.6 cm³/mol. The molecule has 1 atom stereocenters. The number of carbonyl (C=O) groups is 1. The van der Waals surface area contributed by atoms with Crippen LogP contribution in [0.15, 0.2) is 6.07 Å². The Hall–Kier alpha value is -1.57. The Labute approximate surface area is 120 Å². The third kappa shape index (κ3) is 4.45. The number of nitrogens with zero attached hydrogens (tertiary/aromatic N) is 2. The third-order valence-corrected chi connectivity index (χ3v) is 3.37. The molecule has 2 heterocycles. The number of carbonyl (C=O) groups excluding carboxylic acids is 1. The summed E-state index contributed by atoms with van der Waals surface area (Å²) in [5.74, 6) is -0.214. The molecule has 0 bridgehead atoms. The minimum Gasteiger partial charge on any atom is -0.376 e. The van der Waals surface area contributed by atoms with Crippen LogP contribution in [0.2, 0.25) is 0 Å². The number of amides is 1. The van der Waals surface area contributed by atoms with Crippen LogP contribution in [0.3, 0.4) is 0 Å². The smallest absolute Gasteiger partial charge is 0.376 e. The number of rotatable bonds is 5. The summed E-state index contributed by atoms with van der Waals surface area (Å²) >= 11 is 0. The van der Waals surface area contributed by atoms with E-state index in [-0.39, 0.29) is 25.0 Å². The Morgan fingerprint density at radius 1 is 1.57 bits per heavy atom. The summed E-state index contributed by atoms with van der Waals surface area (Å²) in [6, 6.07) is 0.976. The van der Waals surface area contributed by atoms with Crippen LogP contribution < -0.4 is 5.32 Å². The largest absolute Gasteiger partial charge is 0.435 e. The van der Waals surface area contributed by atoms with Crippen molar-refractivity contribution >= 4 is 5.91 Å². The monoisotopic (exact) mass is 305 g/mol. The molecule has 118 valence electrons. The zero-order chi connectivity index (χ0) is 15.5. The first kappa shape index (κ1) is 15.8. The van der Waals surface area contributed by atoms with Gasteiger partial charge in [-0.15, -0.1) is 0 Å². The van der Waals surface area contributed by atoms with Crippen LogP contribution in [0.5, 0.6) is 0 Å². The number of aromatic nitrogens is 2. The predicted octanol–water partition coefficient (Wildman–Crippen LogP) is 1.90. The minimum atomic E-state index is -4.46. The first-order valence-corrected chi connectivity index (χ1v) is 6.86. The highest BCUT2D eigenvalue weighted by atomic mass is 19.4. The fraction of sp³-hybridized carbons (Fsp3) is 0.692. The van der Waals surface area contributed by atoms with Crippen molar-refractivity contribution in [2.75, 3.05) is 13.2 Å². The molecule has 2 rings (SSSR count). The van der Waals surface area contributed by atoms with Gasteiger partial charge in [0.2, 0.25) is 5.91 Å². The molecular formula is C13H18F3N3O2. The van der Waals surface area contributed by atoms with Gasteiger partial charge in [-0.1, -0.05) is 0 Å². The summed E-state index contributed by atoms with van der Waals surface area (Å²) in [6.45, 7) is 2.82. The van der Waals surface area contributed by atoms with Gasteiger partial charge in [-0.3, -0.25) is 9.48 Å². The average Bonchev–Trinajstić information content (AvgIpc) is 3.02. The number of nitrogens with one attached hydrogen (secondary N) is 1. The summed E-state index contributed by atoms with van der Waals surface area (Å²) < 4.78 is 44.1. The second-order valence-corrected chi connectivity index (χ2v) is 5.08. The highest BCUT2D eigenvalue weighted by Gasteiger charge is 2.34. The lowest BCUT2D eigenvalue weighted by Crippen LogP contribution is -2.32. The number of halogens is 3. The van der Waals surface area contributed by atoms with E-state index in [0.717, 1.165) is 18.9 Å². The molecule has 0 saturated carbocycles.